The van der Waals surface area contributed by atoms with Crippen molar-refractivity contribution < 1.29 is 9.50 Å². The number of halogens is 1. The Hall–Kier alpha value is -0.930. The third-order valence-electron chi connectivity index (χ3n) is 2.48. The van der Waals surface area contributed by atoms with Crippen LogP contribution < -0.4 is 5.32 Å². The van der Waals surface area contributed by atoms with Gasteiger partial charge in [0.25, 0.3) is 0 Å². The van der Waals surface area contributed by atoms with Crippen LogP contribution in [0.15, 0.2) is 18.2 Å². The van der Waals surface area contributed by atoms with Crippen LogP contribution in [0.2, 0.25) is 0 Å². The zero-order valence-corrected chi connectivity index (χ0v) is 7.26. The fourth-order valence-electron chi connectivity index (χ4n) is 1.59. The summed E-state index contributed by atoms with van der Waals surface area (Å²) in [5, 5.41) is 12.2. The van der Waals surface area contributed by atoms with E-state index in [1.54, 1.807) is 6.07 Å². The molecule has 0 bridgehead atoms. The molecule has 0 saturated carbocycles. The van der Waals surface area contributed by atoms with Crippen LogP contribution in [0.3, 0.4) is 0 Å². The van der Waals surface area contributed by atoms with Gasteiger partial charge >= 0.3 is 0 Å². The van der Waals surface area contributed by atoms with E-state index in [1.165, 1.54) is 12.1 Å². The van der Waals surface area contributed by atoms with E-state index in [1.807, 2.05) is 0 Å². The Morgan fingerprint density at radius 1 is 1.54 bits per heavy atom. The monoisotopic (exact) mass is 181 g/mol. The summed E-state index contributed by atoms with van der Waals surface area (Å²) in [7, 11) is 0. The minimum absolute atomic E-state index is 0.0200. The highest BCUT2D eigenvalue weighted by molar-refractivity contribution is 5.31. The fraction of sp³-hybridized carbons (Fsp3) is 0.400. The molecule has 1 aromatic rings. The Morgan fingerprint density at radius 2 is 2.31 bits per heavy atom. The lowest BCUT2D eigenvalue weighted by Crippen LogP contribution is -2.35. The van der Waals surface area contributed by atoms with Gasteiger partial charge < -0.3 is 10.4 Å². The molecule has 0 radical (unpaired) electrons. The summed E-state index contributed by atoms with van der Waals surface area (Å²) in [6.45, 7) is 0.958. The van der Waals surface area contributed by atoms with Crippen molar-refractivity contribution in [3.05, 3.63) is 35.1 Å². The molecule has 70 valence electrons. The molecule has 3 heteroatoms. The second kappa shape index (κ2) is 3.44. The predicted octanol–water partition coefficient (Wildman–Crippen LogP) is 1.35. The molecule has 0 unspecified atom stereocenters. The van der Waals surface area contributed by atoms with Crippen molar-refractivity contribution in [2.24, 2.45) is 0 Å². The van der Waals surface area contributed by atoms with E-state index in [-0.39, 0.29) is 18.5 Å². The molecule has 0 spiro atoms. The van der Waals surface area contributed by atoms with Gasteiger partial charge in [-0.15, -0.1) is 0 Å². The van der Waals surface area contributed by atoms with Gasteiger partial charge in [-0.25, -0.2) is 4.39 Å². The Labute approximate surface area is 76.4 Å². The maximum absolute atomic E-state index is 12.9. The summed E-state index contributed by atoms with van der Waals surface area (Å²) in [6, 6.07) is 4.76. The number of hydrogen-bond donors (Lipinski definition) is 2. The third-order valence-corrected chi connectivity index (χ3v) is 2.48. The number of aliphatic hydroxyl groups is 1. The van der Waals surface area contributed by atoms with E-state index in [0.29, 0.717) is 0 Å². The maximum atomic E-state index is 12.9. The predicted molar refractivity (Wildman–Crippen MR) is 47.7 cm³/mol. The lowest BCUT2D eigenvalue weighted by atomic mass is 9.94. The Kier molecular flexibility index (Phi) is 2.29. The molecular formula is C10H12FNO. The molecule has 1 saturated heterocycles. The lowest BCUT2D eigenvalue weighted by Gasteiger charge is -2.29. The Balaban J connectivity index is 2.33. The van der Waals surface area contributed by atoms with Gasteiger partial charge in [0.15, 0.2) is 0 Å². The second-order valence-corrected chi connectivity index (χ2v) is 3.30. The summed E-state index contributed by atoms with van der Waals surface area (Å²) in [4.78, 5) is 0. The molecule has 13 heavy (non-hydrogen) atoms. The molecule has 1 aromatic carbocycles. The molecule has 1 aliphatic heterocycles. The topological polar surface area (TPSA) is 32.3 Å². The SMILES string of the molecule is OCc1ccc(F)cc1[C@H]1CCN1. The number of aliphatic hydroxyl groups excluding tert-OH is 1. The molecule has 0 aliphatic carbocycles. The third kappa shape index (κ3) is 1.57. The highest BCUT2D eigenvalue weighted by Gasteiger charge is 2.21. The lowest BCUT2D eigenvalue weighted by molar-refractivity contribution is 0.275. The summed E-state index contributed by atoms with van der Waals surface area (Å²) in [6.07, 6.45) is 1.02. The van der Waals surface area contributed by atoms with Crippen LogP contribution in [0.25, 0.3) is 0 Å². The van der Waals surface area contributed by atoms with Crippen molar-refractivity contribution in [2.45, 2.75) is 19.1 Å². The van der Waals surface area contributed by atoms with E-state index in [0.717, 1.165) is 24.1 Å². The van der Waals surface area contributed by atoms with Gasteiger partial charge in [0.05, 0.1) is 6.61 Å². The molecule has 2 nitrogen and oxygen atoms in total. The van der Waals surface area contributed by atoms with Crippen LogP contribution in [-0.2, 0) is 6.61 Å². The first-order valence-electron chi connectivity index (χ1n) is 4.44. The minimum atomic E-state index is -0.235. The van der Waals surface area contributed by atoms with Crippen molar-refractivity contribution >= 4 is 0 Å². The highest BCUT2D eigenvalue weighted by Crippen LogP contribution is 2.26. The summed E-state index contributed by atoms with van der Waals surface area (Å²) >= 11 is 0. The van der Waals surface area contributed by atoms with Gasteiger partial charge in [-0.3, -0.25) is 0 Å². The van der Waals surface area contributed by atoms with E-state index in [9.17, 15) is 4.39 Å². The van der Waals surface area contributed by atoms with Crippen molar-refractivity contribution in [3.8, 4) is 0 Å². The molecule has 1 aliphatic rings. The van der Waals surface area contributed by atoms with E-state index in [2.05, 4.69) is 5.32 Å². The smallest absolute Gasteiger partial charge is 0.123 e. The fourth-order valence-corrected chi connectivity index (χ4v) is 1.59. The van der Waals surface area contributed by atoms with Gasteiger partial charge in [0, 0.05) is 6.04 Å². The zero-order chi connectivity index (χ0) is 9.26. The van der Waals surface area contributed by atoms with Gasteiger partial charge in [0.1, 0.15) is 5.82 Å². The molecule has 1 heterocycles. The van der Waals surface area contributed by atoms with Crippen LogP contribution in [-0.4, -0.2) is 11.7 Å². The van der Waals surface area contributed by atoms with Crippen LogP contribution in [0, 0.1) is 5.82 Å². The Morgan fingerprint density at radius 3 is 2.85 bits per heavy atom. The number of nitrogens with one attached hydrogen (secondary N) is 1. The second-order valence-electron chi connectivity index (χ2n) is 3.30. The van der Waals surface area contributed by atoms with Gasteiger partial charge in [-0.05, 0) is 36.2 Å². The van der Waals surface area contributed by atoms with Crippen LogP contribution in [0.4, 0.5) is 4.39 Å². The largest absolute Gasteiger partial charge is 0.392 e. The average Bonchev–Trinajstić information content (AvgIpc) is 2.02. The molecule has 2 N–H and O–H groups in total. The van der Waals surface area contributed by atoms with Crippen molar-refractivity contribution in [3.63, 3.8) is 0 Å². The van der Waals surface area contributed by atoms with E-state index in [4.69, 9.17) is 5.11 Å². The first kappa shape index (κ1) is 8.66. The Bertz CT molecular complexity index is 310. The van der Waals surface area contributed by atoms with Crippen molar-refractivity contribution in [1.82, 2.24) is 5.32 Å². The molecule has 1 fully saturated rings. The van der Waals surface area contributed by atoms with Crippen molar-refractivity contribution in [2.75, 3.05) is 6.54 Å². The normalized spacial score (nSPS) is 21.2. The standard InChI is InChI=1S/C10H12FNO/c11-8-2-1-7(6-13)9(5-8)10-3-4-12-10/h1-2,5,10,12-13H,3-4,6H2/t10-/m1/s1. The molecule has 2 rings (SSSR count). The summed E-state index contributed by atoms with van der Waals surface area (Å²) in [5.74, 6) is -0.235. The molecule has 1 atom stereocenters. The van der Waals surface area contributed by atoms with Crippen LogP contribution >= 0.6 is 0 Å². The van der Waals surface area contributed by atoms with E-state index < -0.39 is 0 Å². The number of hydrogen-bond acceptors (Lipinski definition) is 2. The number of benzene rings is 1. The molecule has 0 aromatic heterocycles. The summed E-state index contributed by atoms with van der Waals surface area (Å²) in [5.41, 5.74) is 1.72. The van der Waals surface area contributed by atoms with Crippen LogP contribution in [0.5, 0.6) is 0 Å². The van der Waals surface area contributed by atoms with Gasteiger partial charge in [-0.2, -0.15) is 0 Å². The molecular weight excluding hydrogens is 169 g/mol. The number of rotatable bonds is 2. The van der Waals surface area contributed by atoms with Gasteiger partial charge in [0.2, 0.25) is 0 Å². The zero-order valence-electron chi connectivity index (χ0n) is 7.26. The quantitative estimate of drug-likeness (QED) is 0.721. The van der Waals surface area contributed by atoms with E-state index >= 15 is 0 Å². The maximum Gasteiger partial charge on any atom is 0.123 e. The highest BCUT2D eigenvalue weighted by atomic mass is 19.1. The first-order chi connectivity index (χ1) is 6.31. The molecule has 0 amide bonds. The average molecular weight is 181 g/mol. The van der Waals surface area contributed by atoms with Crippen LogP contribution in [0.1, 0.15) is 23.6 Å². The summed E-state index contributed by atoms with van der Waals surface area (Å²) < 4.78 is 12.9. The van der Waals surface area contributed by atoms with Crippen molar-refractivity contribution in [1.29, 1.82) is 0 Å². The first-order valence-corrected chi connectivity index (χ1v) is 4.44. The van der Waals surface area contributed by atoms with Gasteiger partial charge in [-0.1, -0.05) is 6.07 Å². The minimum Gasteiger partial charge on any atom is -0.392 e.